The van der Waals surface area contributed by atoms with Crippen LogP contribution in [-0.2, 0) is 9.47 Å². The standard InChI is InChI=1S/C14H22N2O3/c1-9(2)13(8-18-3)16-12-7-10(14(17)19-4)5-6-11(12)15/h5-7,9,13,16H,8,15H2,1-4H3. The largest absolute Gasteiger partial charge is 0.465 e. The Hall–Kier alpha value is -1.75. The highest BCUT2D eigenvalue weighted by atomic mass is 16.5. The molecule has 0 aliphatic carbocycles. The smallest absolute Gasteiger partial charge is 0.337 e. The van der Waals surface area contributed by atoms with E-state index in [4.69, 9.17) is 15.2 Å². The summed E-state index contributed by atoms with van der Waals surface area (Å²) in [6.45, 7) is 4.76. The van der Waals surface area contributed by atoms with Crippen LogP contribution in [0.4, 0.5) is 11.4 Å². The molecule has 1 rings (SSSR count). The Kier molecular flexibility index (Phi) is 5.63. The van der Waals surface area contributed by atoms with E-state index in [9.17, 15) is 4.79 Å². The lowest BCUT2D eigenvalue weighted by atomic mass is 10.0. The fourth-order valence-electron chi connectivity index (χ4n) is 1.71. The van der Waals surface area contributed by atoms with Crippen molar-refractivity contribution in [3.8, 4) is 0 Å². The molecule has 1 aromatic rings. The number of nitrogens with two attached hydrogens (primary N) is 1. The van der Waals surface area contributed by atoms with Crippen molar-refractivity contribution in [3.05, 3.63) is 23.8 Å². The molecule has 0 heterocycles. The Labute approximate surface area is 114 Å². The maximum Gasteiger partial charge on any atom is 0.337 e. The van der Waals surface area contributed by atoms with Crippen LogP contribution in [0.1, 0.15) is 24.2 Å². The fourth-order valence-corrected chi connectivity index (χ4v) is 1.71. The van der Waals surface area contributed by atoms with Gasteiger partial charge < -0.3 is 20.5 Å². The highest BCUT2D eigenvalue weighted by molar-refractivity contribution is 5.92. The van der Waals surface area contributed by atoms with Crippen molar-refractivity contribution >= 4 is 17.3 Å². The van der Waals surface area contributed by atoms with Gasteiger partial charge in [0.25, 0.3) is 0 Å². The fraction of sp³-hybridized carbons (Fsp3) is 0.500. The van der Waals surface area contributed by atoms with Crippen molar-refractivity contribution < 1.29 is 14.3 Å². The predicted molar refractivity (Wildman–Crippen MR) is 76.3 cm³/mol. The van der Waals surface area contributed by atoms with E-state index in [1.54, 1.807) is 25.3 Å². The van der Waals surface area contributed by atoms with Gasteiger partial charge in [-0.2, -0.15) is 0 Å². The van der Waals surface area contributed by atoms with Gasteiger partial charge >= 0.3 is 5.97 Å². The molecule has 0 spiro atoms. The number of anilines is 2. The van der Waals surface area contributed by atoms with Gasteiger partial charge in [0.15, 0.2) is 0 Å². The second kappa shape index (κ2) is 6.99. The van der Waals surface area contributed by atoms with Gasteiger partial charge in [0.1, 0.15) is 0 Å². The van der Waals surface area contributed by atoms with Crippen molar-refractivity contribution in [1.82, 2.24) is 0 Å². The first-order valence-electron chi connectivity index (χ1n) is 6.23. The van der Waals surface area contributed by atoms with Crippen molar-refractivity contribution in [2.45, 2.75) is 19.9 Å². The highest BCUT2D eigenvalue weighted by Crippen LogP contribution is 2.23. The number of nitrogen functional groups attached to an aromatic ring is 1. The average Bonchev–Trinajstić information content (AvgIpc) is 2.39. The molecule has 106 valence electrons. The molecule has 19 heavy (non-hydrogen) atoms. The Morgan fingerprint density at radius 3 is 2.58 bits per heavy atom. The Bertz CT molecular complexity index is 433. The summed E-state index contributed by atoms with van der Waals surface area (Å²) in [6.07, 6.45) is 0. The van der Waals surface area contributed by atoms with Gasteiger partial charge in [0, 0.05) is 7.11 Å². The zero-order valence-corrected chi connectivity index (χ0v) is 11.9. The van der Waals surface area contributed by atoms with Crippen LogP contribution in [0, 0.1) is 5.92 Å². The minimum absolute atomic E-state index is 0.125. The molecule has 0 aliphatic heterocycles. The van der Waals surface area contributed by atoms with E-state index < -0.39 is 0 Å². The third kappa shape index (κ3) is 4.13. The van der Waals surface area contributed by atoms with Crippen LogP contribution in [-0.4, -0.2) is 32.8 Å². The number of rotatable bonds is 6. The van der Waals surface area contributed by atoms with Crippen LogP contribution in [0.5, 0.6) is 0 Å². The third-order valence-corrected chi connectivity index (χ3v) is 2.97. The second-order valence-corrected chi connectivity index (χ2v) is 4.74. The Morgan fingerprint density at radius 2 is 2.05 bits per heavy atom. The van der Waals surface area contributed by atoms with Crippen LogP contribution in [0.15, 0.2) is 18.2 Å². The normalized spacial score (nSPS) is 12.3. The molecule has 0 aromatic heterocycles. The molecule has 0 bridgehead atoms. The van der Waals surface area contributed by atoms with E-state index in [-0.39, 0.29) is 12.0 Å². The van der Waals surface area contributed by atoms with E-state index in [1.807, 2.05) is 0 Å². The van der Waals surface area contributed by atoms with Gasteiger partial charge in [-0.3, -0.25) is 0 Å². The van der Waals surface area contributed by atoms with Crippen molar-refractivity contribution in [2.75, 3.05) is 31.9 Å². The summed E-state index contributed by atoms with van der Waals surface area (Å²) in [4.78, 5) is 11.5. The summed E-state index contributed by atoms with van der Waals surface area (Å²) in [6, 6.07) is 5.16. The SMILES string of the molecule is COCC(Nc1cc(C(=O)OC)ccc1N)C(C)C. The maximum absolute atomic E-state index is 11.5. The average molecular weight is 266 g/mol. The number of ether oxygens (including phenoxy) is 2. The minimum Gasteiger partial charge on any atom is -0.465 e. The monoisotopic (exact) mass is 266 g/mol. The molecule has 5 heteroatoms. The van der Waals surface area contributed by atoms with Crippen LogP contribution < -0.4 is 11.1 Å². The molecule has 1 aromatic carbocycles. The summed E-state index contributed by atoms with van der Waals surface area (Å²) in [5, 5.41) is 3.31. The minimum atomic E-state index is -0.379. The molecule has 5 nitrogen and oxygen atoms in total. The summed E-state index contributed by atoms with van der Waals surface area (Å²) in [5.41, 5.74) is 7.70. The van der Waals surface area contributed by atoms with E-state index >= 15 is 0 Å². The van der Waals surface area contributed by atoms with E-state index in [1.165, 1.54) is 7.11 Å². The zero-order valence-electron chi connectivity index (χ0n) is 11.9. The molecular weight excluding hydrogens is 244 g/mol. The number of carbonyl (C=O) groups excluding carboxylic acids is 1. The second-order valence-electron chi connectivity index (χ2n) is 4.74. The molecule has 0 saturated carbocycles. The number of nitrogens with one attached hydrogen (secondary N) is 1. The number of hydrogen-bond donors (Lipinski definition) is 2. The van der Waals surface area contributed by atoms with Gasteiger partial charge in [-0.15, -0.1) is 0 Å². The number of methoxy groups -OCH3 is 2. The molecule has 3 N–H and O–H groups in total. The molecular formula is C14H22N2O3. The summed E-state index contributed by atoms with van der Waals surface area (Å²) in [7, 11) is 3.01. The first-order chi connectivity index (χ1) is 8.99. The van der Waals surface area contributed by atoms with Crippen molar-refractivity contribution in [1.29, 1.82) is 0 Å². The van der Waals surface area contributed by atoms with Gasteiger partial charge in [0.2, 0.25) is 0 Å². The molecule has 1 unspecified atom stereocenters. The van der Waals surface area contributed by atoms with Crippen molar-refractivity contribution in [2.24, 2.45) is 5.92 Å². The lowest BCUT2D eigenvalue weighted by Crippen LogP contribution is -2.30. The topological polar surface area (TPSA) is 73.6 Å². The molecule has 1 atom stereocenters. The molecule has 0 saturated heterocycles. The van der Waals surface area contributed by atoms with Crippen LogP contribution in [0.3, 0.4) is 0 Å². The zero-order chi connectivity index (χ0) is 14.4. The number of esters is 1. The lowest BCUT2D eigenvalue weighted by molar-refractivity contribution is 0.0601. The number of carbonyl (C=O) groups is 1. The predicted octanol–water partition coefficient (Wildman–Crippen LogP) is 2.14. The van der Waals surface area contributed by atoms with Crippen LogP contribution in [0.25, 0.3) is 0 Å². The lowest BCUT2D eigenvalue weighted by Gasteiger charge is -2.23. The molecule has 0 radical (unpaired) electrons. The Morgan fingerprint density at radius 1 is 1.37 bits per heavy atom. The van der Waals surface area contributed by atoms with Gasteiger partial charge in [-0.1, -0.05) is 13.8 Å². The molecule has 0 amide bonds. The Balaban J connectivity index is 2.95. The molecule has 0 fully saturated rings. The highest BCUT2D eigenvalue weighted by Gasteiger charge is 2.15. The van der Waals surface area contributed by atoms with E-state index in [2.05, 4.69) is 19.2 Å². The van der Waals surface area contributed by atoms with Gasteiger partial charge in [0.05, 0.1) is 36.7 Å². The first kappa shape index (κ1) is 15.3. The first-order valence-corrected chi connectivity index (χ1v) is 6.23. The van der Waals surface area contributed by atoms with Gasteiger partial charge in [-0.25, -0.2) is 4.79 Å². The number of hydrogen-bond acceptors (Lipinski definition) is 5. The van der Waals surface area contributed by atoms with Gasteiger partial charge in [-0.05, 0) is 24.1 Å². The quantitative estimate of drug-likeness (QED) is 0.609. The molecule has 0 aliphatic rings. The summed E-state index contributed by atoms with van der Waals surface area (Å²) >= 11 is 0. The van der Waals surface area contributed by atoms with E-state index in [0.717, 1.165) is 5.69 Å². The maximum atomic E-state index is 11.5. The van der Waals surface area contributed by atoms with Crippen LogP contribution in [0.2, 0.25) is 0 Å². The van der Waals surface area contributed by atoms with Crippen molar-refractivity contribution in [3.63, 3.8) is 0 Å². The third-order valence-electron chi connectivity index (χ3n) is 2.97. The van der Waals surface area contributed by atoms with E-state index in [0.29, 0.717) is 23.8 Å². The summed E-state index contributed by atoms with van der Waals surface area (Å²) in [5.74, 6) is -0.00276. The number of benzene rings is 1. The summed E-state index contributed by atoms with van der Waals surface area (Å²) < 4.78 is 9.88. The van der Waals surface area contributed by atoms with Crippen LogP contribution >= 0.6 is 0 Å².